The van der Waals surface area contributed by atoms with Gasteiger partial charge in [-0.25, -0.2) is 0 Å². The summed E-state index contributed by atoms with van der Waals surface area (Å²) < 4.78 is 5.66. The van der Waals surface area contributed by atoms with Gasteiger partial charge >= 0.3 is 5.97 Å². The first kappa shape index (κ1) is 15.5. The Morgan fingerprint density at radius 3 is 2.74 bits per heavy atom. The molecule has 1 N–H and O–H groups in total. The molecule has 0 heterocycles. The minimum absolute atomic E-state index is 0.157. The van der Waals surface area contributed by atoms with Gasteiger partial charge in [-0.1, -0.05) is 19.1 Å². The van der Waals surface area contributed by atoms with Crippen LogP contribution in [0.15, 0.2) is 24.3 Å². The molecule has 1 rings (SSSR count). The first-order chi connectivity index (χ1) is 9.01. The van der Waals surface area contributed by atoms with Crippen LogP contribution in [0, 0.1) is 0 Å². The van der Waals surface area contributed by atoms with Crippen molar-refractivity contribution in [2.75, 3.05) is 13.1 Å². The van der Waals surface area contributed by atoms with Crippen molar-refractivity contribution in [1.82, 2.24) is 4.90 Å². The standard InChI is InChI=1S/C15H23NO3/c1-4-16(9-8-15(17)18)11-13-6-5-7-14(10-13)19-12(2)3/h5-7,10,12H,4,8-9,11H2,1-3H3,(H,17,18). The van der Waals surface area contributed by atoms with Crippen molar-refractivity contribution in [3.63, 3.8) is 0 Å². The van der Waals surface area contributed by atoms with Crippen LogP contribution in [0.2, 0.25) is 0 Å². The van der Waals surface area contributed by atoms with Crippen LogP contribution in [-0.4, -0.2) is 35.2 Å². The molecule has 19 heavy (non-hydrogen) atoms. The second-order valence-corrected chi connectivity index (χ2v) is 4.83. The lowest BCUT2D eigenvalue weighted by molar-refractivity contribution is -0.137. The van der Waals surface area contributed by atoms with Gasteiger partial charge in [-0.2, -0.15) is 0 Å². The highest BCUT2D eigenvalue weighted by molar-refractivity contribution is 5.66. The molecule has 0 spiro atoms. The van der Waals surface area contributed by atoms with Crippen molar-refractivity contribution < 1.29 is 14.6 Å². The SMILES string of the molecule is CCN(CCC(=O)O)Cc1cccc(OC(C)C)c1. The fourth-order valence-corrected chi connectivity index (χ4v) is 1.85. The molecular weight excluding hydrogens is 242 g/mol. The van der Waals surface area contributed by atoms with Gasteiger partial charge in [0.25, 0.3) is 0 Å². The summed E-state index contributed by atoms with van der Waals surface area (Å²) in [5, 5.41) is 8.72. The molecule has 106 valence electrons. The van der Waals surface area contributed by atoms with Crippen LogP contribution in [0.1, 0.15) is 32.8 Å². The van der Waals surface area contributed by atoms with Crippen LogP contribution in [0.5, 0.6) is 5.75 Å². The normalized spacial score (nSPS) is 11.0. The molecule has 1 aromatic carbocycles. The average Bonchev–Trinajstić information content (AvgIpc) is 2.33. The first-order valence-electron chi connectivity index (χ1n) is 6.71. The van der Waals surface area contributed by atoms with E-state index in [0.717, 1.165) is 24.4 Å². The maximum Gasteiger partial charge on any atom is 0.304 e. The van der Waals surface area contributed by atoms with Crippen LogP contribution in [0.25, 0.3) is 0 Å². The molecule has 0 aliphatic heterocycles. The number of rotatable bonds is 8. The lowest BCUT2D eigenvalue weighted by atomic mass is 10.2. The van der Waals surface area contributed by atoms with Crippen LogP contribution in [0.4, 0.5) is 0 Å². The molecule has 0 saturated heterocycles. The highest BCUT2D eigenvalue weighted by Crippen LogP contribution is 2.16. The Morgan fingerprint density at radius 1 is 1.42 bits per heavy atom. The molecule has 0 unspecified atom stereocenters. The Hall–Kier alpha value is -1.55. The van der Waals surface area contributed by atoms with E-state index >= 15 is 0 Å². The van der Waals surface area contributed by atoms with E-state index in [1.807, 2.05) is 45.0 Å². The fraction of sp³-hybridized carbons (Fsp3) is 0.533. The van der Waals surface area contributed by atoms with E-state index in [9.17, 15) is 4.79 Å². The molecule has 0 aliphatic carbocycles. The third-order valence-electron chi connectivity index (χ3n) is 2.77. The minimum Gasteiger partial charge on any atom is -0.491 e. The highest BCUT2D eigenvalue weighted by atomic mass is 16.5. The summed E-state index contributed by atoms with van der Waals surface area (Å²) in [6.45, 7) is 8.19. The molecule has 0 atom stereocenters. The Balaban J connectivity index is 2.61. The smallest absolute Gasteiger partial charge is 0.304 e. The molecule has 4 nitrogen and oxygen atoms in total. The number of carboxylic acids is 1. The van der Waals surface area contributed by atoms with Crippen molar-refractivity contribution >= 4 is 5.97 Å². The predicted octanol–water partition coefficient (Wildman–Crippen LogP) is 2.77. The van der Waals surface area contributed by atoms with Gasteiger partial charge in [0.1, 0.15) is 5.75 Å². The largest absolute Gasteiger partial charge is 0.491 e. The van der Waals surface area contributed by atoms with E-state index in [0.29, 0.717) is 6.54 Å². The van der Waals surface area contributed by atoms with Gasteiger partial charge in [0, 0.05) is 13.1 Å². The lowest BCUT2D eigenvalue weighted by Gasteiger charge is -2.20. The Labute approximate surface area is 115 Å². The Bertz CT molecular complexity index is 404. The molecule has 0 fully saturated rings. The van der Waals surface area contributed by atoms with Crippen molar-refractivity contribution in [3.8, 4) is 5.75 Å². The van der Waals surface area contributed by atoms with Crippen LogP contribution >= 0.6 is 0 Å². The number of hydrogen-bond donors (Lipinski definition) is 1. The molecule has 0 aromatic heterocycles. The fourth-order valence-electron chi connectivity index (χ4n) is 1.85. The number of benzene rings is 1. The maximum atomic E-state index is 10.6. The van der Waals surface area contributed by atoms with E-state index in [2.05, 4.69) is 4.90 Å². The summed E-state index contributed by atoms with van der Waals surface area (Å²) >= 11 is 0. The summed E-state index contributed by atoms with van der Waals surface area (Å²) in [5.74, 6) is 0.108. The number of carboxylic acid groups (broad SMARTS) is 1. The Morgan fingerprint density at radius 2 is 2.16 bits per heavy atom. The molecule has 0 aliphatic rings. The van der Waals surface area contributed by atoms with Crippen LogP contribution in [0.3, 0.4) is 0 Å². The zero-order valence-corrected chi connectivity index (χ0v) is 11.9. The number of aliphatic carboxylic acids is 1. The monoisotopic (exact) mass is 265 g/mol. The van der Waals surface area contributed by atoms with Gasteiger partial charge in [0.05, 0.1) is 12.5 Å². The average molecular weight is 265 g/mol. The third kappa shape index (κ3) is 6.25. The van der Waals surface area contributed by atoms with Crippen molar-refractivity contribution in [1.29, 1.82) is 0 Å². The summed E-state index contributed by atoms with van der Waals surface area (Å²) in [4.78, 5) is 12.7. The molecule has 0 amide bonds. The summed E-state index contributed by atoms with van der Waals surface area (Å²) in [5.41, 5.74) is 1.14. The molecule has 0 saturated carbocycles. The number of ether oxygens (including phenoxy) is 1. The van der Waals surface area contributed by atoms with E-state index in [1.54, 1.807) is 0 Å². The molecule has 0 bridgehead atoms. The lowest BCUT2D eigenvalue weighted by Crippen LogP contribution is -2.25. The van der Waals surface area contributed by atoms with Gasteiger partial charge < -0.3 is 9.84 Å². The number of hydrogen-bond acceptors (Lipinski definition) is 3. The zero-order chi connectivity index (χ0) is 14.3. The van der Waals surface area contributed by atoms with Crippen molar-refractivity contribution in [3.05, 3.63) is 29.8 Å². The predicted molar refractivity (Wildman–Crippen MR) is 75.4 cm³/mol. The molecular formula is C15H23NO3. The van der Waals surface area contributed by atoms with Gasteiger partial charge in [0.2, 0.25) is 0 Å². The maximum absolute atomic E-state index is 10.6. The third-order valence-corrected chi connectivity index (χ3v) is 2.77. The molecule has 4 heteroatoms. The number of carbonyl (C=O) groups is 1. The van der Waals surface area contributed by atoms with Gasteiger partial charge in [-0.15, -0.1) is 0 Å². The quantitative estimate of drug-likeness (QED) is 0.785. The summed E-state index contributed by atoms with van der Waals surface area (Å²) in [6.07, 6.45) is 0.334. The highest BCUT2D eigenvalue weighted by Gasteiger charge is 2.07. The van der Waals surface area contributed by atoms with Gasteiger partial charge in [-0.05, 0) is 38.1 Å². The second-order valence-electron chi connectivity index (χ2n) is 4.83. The first-order valence-corrected chi connectivity index (χ1v) is 6.71. The van der Waals surface area contributed by atoms with E-state index in [4.69, 9.17) is 9.84 Å². The zero-order valence-electron chi connectivity index (χ0n) is 11.9. The number of nitrogens with zero attached hydrogens (tertiary/aromatic N) is 1. The van der Waals surface area contributed by atoms with Gasteiger partial charge in [0.15, 0.2) is 0 Å². The van der Waals surface area contributed by atoms with Crippen LogP contribution in [-0.2, 0) is 11.3 Å². The minimum atomic E-state index is -0.754. The molecule has 1 aromatic rings. The Kier molecular flexibility index (Phi) is 6.36. The molecule has 0 radical (unpaired) electrons. The van der Waals surface area contributed by atoms with Crippen LogP contribution < -0.4 is 4.74 Å². The van der Waals surface area contributed by atoms with Crippen molar-refractivity contribution in [2.24, 2.45) is 0 Å². The van der Waals surface area contributed by atoms with Gasteiger partial charge in [-0.3, -0.25) is 9.69 Å². The second kappa shape index (κ2) is 7.79. The van der Waals surface area contributed by atoms with E-state index in [1.165, 1.54) is 0 Å². The summed E-state index contributed by atoms with van der Waals surface area (Å²) in [6, 6.07) is 7.97. The van der Waals surface area contributed by atoms with Crippen molar-refractivity contribution in [2.45, 2.75) is 39.8 Å². The topological polar surface area (TPSA) is 49.8 Å². The van der Waals surface area contributed by atoms with E-state index in [-0.39, 0.29) is 12.5 Å². The summed E-state index contributed by atoms with van der Waals surface area (Å²) in [7, 11) is 0. The van der Waals surface area contributed by atoms with E-state index < -0.39 is 5.97 Å².